The van der Waals surface area contributed by atoms with E-state index in [9.17, 15) is 9.59 Å². The molecule has 3 aromatic rings. The predicted octanol–water partition coefficient (Wildman–Crippen LogP) is 3.37. The van der Waals surface area contributed by atoms with Gasteiger partial charge < -0.3 is 14.6 Å². The third-order valence-electron chi connectivity index (χ3n) is 4.51. The summed E-state index contributed by atoms with van der Waals surface area (Å²) in [4.78, 5) is 26.8. The number of fused-ring (bicyclic) bond motifs is 1. The second-order valence-electron chi connectivity index (χ2n) is 6.33. The van der Waals surface area contributed by atoms with Crippen molar-refractivity contribution in [2.75, 3.05) is 6.54 Å². The third-order valence-corrected chi connectivity index (χ3v) is 5.22. The van der Waals surface area contributed by atoms with E-state index in [4.69, 9.17) is 27.6 Å². The van der Waals surface area contributed by atoms with Crippen LogP contribution in [-0.4, -0.2) is 33.0 Å². The zero-order chi connectivity index (χ0) is 19.7. The molecule has 0 aliphatic carbocycles. The first-order valence-electron chi connectivity index (χ1n) is 8.63. The van der Waals surface area contributed by atoms with Crippen LogP contribution in [0.5, 0.6) is 0 Å². The van der Waals surface area contributed by atoms with Crippen molar-refractivity contribution in [2.24, 2.45) is 0 Å². The van der Waals surface area contributed by atoms with Crippen LogP contribution in [0.3, 0.4) is 0 Å². The van der Waals surface area contributed by atoms with E-state index < -0.39 is 0 Å². The van der Waals surface area contributed by atoms with E-state index in [0.29, 0.717) is 46.7 Å². The summed E-state index contributed by atoms with van der Waals surface area (Å²) in [7, 11) is 0. The molecular formula is C19H16Cl2N4O3. The zero-order valence-electron chi connectivity index (χ0n) is 14.7. The number of benzene rings is 1. The smallest absolute Gasteiger partial charge is 0.272 e. The molecule has 0 spiro atoms. The van der Waals surface area contributed by atoms with Gasteiger partial charge in [-0.2, -0.15) is 5.10 Å². The number of hydrogen-bond donors (Lipinski definition) is 1. The first kappa shape index (κ1) is 18.6. The summed E-state index contributed by atoms with van der Waals surface area (Å²) in [5.41, 5.74) is 1.24. The lowest BCUT2D eigenvalue weighted by atomic mass is 10.2. The highest BCUT2D eigenvalue weighted by molar-refractivity contribution is 6.36. The van der Waals surface area contributed by atoms with Crippen molar-refractivity contribution in [1.29, 1.82) is 0 Å². The number of furan rings is 1. The van der Waals surface area contributed by atoms with Gasteiger partial charge in [0.15, 0.2) is 5.69 Å². The molecule has 2 amide bonds. The topological polar surface area (TPSA) is 80.4 Å². The molecule has 1 N–H and O–H groups in total. The van der Waals surface area contributed by atoms with Gasteiger partial charge in [0.05, 0.1) is 19.4 Å². The van der Waals surface area contributed by atoms with Crippen LogP contribution >= 0.6 is 23.2 Å². The monoisotopic (exact) mass is 418 g/mol. The molecule has 144 valence electrons. The van der Waals surface area contributed by atoms with E-state index in [1.165, 1.54) is 12.3 Å². The average molecular weight is 419 g/mol. The van der Waals surface area contributed by atoms with Gasteiger partial charge in [0.2, 0.25) is 0 Å². The largest absolute Gasteiger partial charge is 0.467 e. The van der Waals surface area contributed by atoms with Crippen molar-refractivity contribution in [3.8, 4) is 0 Å². The number of carbonyl (C=O) groups is 2. The molecule has 0 saturated heterocycles. The minimum absolute atomic E-state index is 0.188. The van der Waals surface area contributed by atoms with Gasteiger partial charge in [0.1, 0.15) is 11.5 Å². The van der Waals surface area contributed by atoms with E-state index >= 15 is 0 Å². The van der Waals surface area contributed by atoms with E-state index in [2.05, 4.69) is 10.4 Å². The lowest BCUT2D eigenvalue weighted by molar-refractivity contribution is 0.0683. The first-order chi connectivity index (χ1) is 13.5. The van der Waals surface area contributed by atoms with Crippen molar-refractivity contribution >= 4 is 35.0 Å². The Morgan fingerprint density at radius 1 is 1.18 bits per heavy atom. The van der Waals surface area contributed by atoms with E-state index in [1.807, 2.05) is 0 Å². The average Bonchev–Trinajstić information content (AvgIpc) is 3.34. The Labute approximate surface area is 170 Å². The van der Waals surface area contributed by atoms with Gasteiger partial charge in [-0.25, -0.2) is 0 Å². The summed E-state index contributed by atoms with van der Waals surface area (Å²) in [6, 6.07) is 10.2. The van der Waals surface area contributed by atoms with E-state index in [0.717, 1.165) is 0 Å². The minimum Gasteiger partial charge on any atom is -0.467 e. The number of amides is 2. The Bertz CT molecular complexity index is 1010. The highest BCUT2D eigenvalue weighted by Gasteiger charge is 2.28. The third kappa shape index (κ3) is 3.63. The van der Waals surface area contributed by atoms with Crippen LogP contribution in [0.2, 0.25) is 10.0 Å². The highest BCUT2D eigenvalue weighted by Crippen LogP contribution is 2.27. The molecular weight excluding hydrogens is 403 g/mol. The van der Waals surface area contributed by atoms with Crippen LogP contribution in [0.25, 0.3) is 0 Å². The number of rotatable bonds is 5. The fourth-order valence-electron chi connectivity index (χ4n) is 3.05. The van der Waals surface area contributed by atoms with Crippen LogP contribution < -0.4 is 5.32 Å². The van der Waals surface area contributed by atoms with Gasteiger partial charge in [0.25, 0.3) is 11.8 Å². The van der Waals surface area contributed by atoms with Crippen LogP contribution in [0.15, 0.2) is 47.1 Å². The van der Waals surface area contributed by atoms with Crippen molar-refractivity contribution in [2.45, 2.75) is 19.6 Å². The predicted molar refractivity (Wildman–Crippen MR) is 103 cm³/mol. The van der Waals surface area contributed by atoms with Gasteiger partial charge in [-0.3, -0.25) is 14.3 Å². The van der Waals surface area contributed by atoms with Crippen molar-refractivity contribution in [3.63, 3.8) is 0 Å². The summed E-state index contributed by atoms with van der Waals surface area (Å²) in [6.45, 7) is 1.47. The molecule has 1 aliphatic rings. The zero-order valence-corrected chi connectivity index (χ0v) is 16.2. The summed E-state index contributed by atoms with van der Waals surface area (Å²) in [5, 5.41) is 8.00. The Morgan fingerprint density at radius 3 is 2.68 bits per heavy atom. The summed E-state index contributed by atoms with van der Waals surface area (Å²) < 4.78 is 6.74. The molecule has 28 heavy (non-hydrogen) atoms. The summed E-state index contributed by atoms with van der Waals surface area (Å²) in [5.74, 6) is 0.0443. The molecule has 1 aromatic carbocycles. The summed E-state index contributed by atoms with van der Waals surface area (Å²) >= 11 is 12.4. The number of halogens is 2. The number of nitrogens with one attached hydrogen (secondary N) is 1. The molecule has 2 aromatic heterocycles. The lowest BCUT2D eigenvalue weighted by Gasteiger charge is -2.28. The lowest BCUT2D eigenvalue weighted by Crippen LogP contribution is -2.39. The van der Waals surface area contributed by atoms with Crippen LogP contribution in [0, 0.1) is 0 Å². The SMILES string of the molecule is O=C(NCc1ccco1)c1cc2n(n1)CCN(Cc1c(Cl)cccc1Cl)C2=O. The second-order valence-corrected chi connectivity index (χ2v) is 7.14. The first-order valence-corrected chi connectivity index (χ1v) is 9.39. The highest BCUT2D eigenvalue weighted by atomic mass is 35.5. The Balaban J connectivity index is 1.48. The molecule has 4 rings (SSSR count). The molecule has 0 saturated carbocycles. The number of hydrogen-bond acceptors (Lipinski definition) is 4. The number of carbonyl (C=O) groups excluding carboxylic acids is 2. The van der Waals surface area contributed by atoms with E-state index in [1.54, 1.807) is 39.9 Å². The van der Waals surface area contributed by atoms with E-state index in [-0.39, 0.29) is 24.1 Å². The Morgan fingerprint density at radius 2 is 1.96 bits per heavy atom. The fourth-order valence-corrected chi connectivity index (χ4v) is 3.56. The van der Waals surface area contributed by atoms with Crippen molar-refractivity contribution < 1.29 is 14.0 Å². The normalized spacial score (nSPS) is 13.5. The van der Waals surface area contributed by atoms with Crippen LogP contribution in [-0.2, 0) is 19.6 Å². The summed E-state index contributed by atoms with van der Waals surface area (Å²) in [6.07, 6.45) is 1.54. The minimum atomic E-state index is -0.369. The van der Waals surface area contributed by atoms with Crippen molar-refractivity contribution in [1.82, 2.24) is 20.0 Å². The van der Waals surface area contributed by atoms with Gasteiger partial charge in [-0.05, 0) is 24.3 Å². The maximum Gasteiger partial charge on any atom is 0.272 e. The van der Waals surface area contributed by atoms with Crippen molar-refractivity contribution in [3.05, 3.63) is 75.4 Å². The Kier molecular flexibility index (Phi) is 5.11. The van der Waals surface area contributed by atoms with Crippen LogP contribution in [0.4, 0.5) is 0 Å². The molecule has 0 unspecified atom stereocenters. The molecule has 9 heteroatoms. The maximum atomic E-state index is 12.9. The molecule has 0 fully saturated rings. The van der Waals surface area contributed by atoms with Crippen LogP contribution in [0.1, 0.15) is 32.3 Å². The number of aromatic nitrogens is 2. The quantitative estimate of drug-likeness (QED) is 0.688. The Hall–Kier alpha value is -2.77. The van der Waals surface area contributed by atoms with Gasteiger partial charge in [-0.15, -0.1) is 0 Å². The molecule has 0 radical (unpaired) electrons. The molecule has 3 heterocycles. The van der Waals surface area contributed by atoms with Gasteiger partial charge >= 0.3 is 0 Å². The standard InChI is InChI=1S/C19H16Cl2N4O3/c20-14-4-1-5-15(21)13(14)11-24-6-7-25-17(19(24)27)9-16(23-25)18(26)22-10-12-3-2-8-28-12/h1-5,8-9H,6-7,10-11H2,(H,22,26). The van der Waals surface area contributed by atoms with Gasteiger partial charge in [-0.1, -0.05) is 29.3 Å². The number of nitrogens with zero attached hydrogens (tertiary/aromatic N) is 3. The maximum absolute atomic E-state index is 12.9. The fraction of sp³-hybridized carbons (Fsp3) is 0.211. The molecule has 7 nitrogen and oxygen atoms in total. The molecule has 1 aliphatic heterocycles. The molecule has 0 bridgehead atoms. The molecule has 0 atom stereocenters. The van der Waals surface area contributed by atoms with Gasteiger partial charge in [0, 0.05) is 34.8 Å². The second kappa shape index (κ2) is 7.69.